The minimum Gasteiger partial charge on any atom is -0.472 e. The molecule has 0 amide bonds. The lowest BCUT2D eigenvalue weighted by Gasteiger charge is -2.24. The van der Waals surface area contributed by atoms with Gasteiger partial charge in [0.2, 0.25) is 0 Å². The Kier molecular flexibility index (Phi) is 5.94. The van der Waals surface area contributed by atoms with Crippen LogP contribution in [0.5, 0.6) is 0 Å². The molecule has 0 aromatic carbocycles. The molecule has 0 aliphatic rings. The molecule has 16 heavy (non-hydrogen) atoms. The Labute approximate surface area is 95.5 Å². The standard InChI is InChI=1S/C9H16O6Si/c1-7(2)9(11)14-6-16(12-4,13-5)15-8(3)10/h1,6H2,2-5H3. The fraction of sp³-hybridized carbons (Fsp3) is 0.556. The van der Waals surface area contributed by atoms with Gasteiger partial charge in [-0.25, -0.2) is 4.79 Å². The van der Waals surface area contributed by atoms with Crippen molar-refractivity contribution in [2.24, 2.45) is 0 Å². The molecule has 0 saturated carbocycles. The molecule has 0 rings (SSSR count). The van der Waals surface area contributed by atoms with Crippen molar-refractivity contribution in [3.05, 3.63) is 12.2 Å². The van der Waals surface area contributed by atoms with Crippen molar-refractivity contribution in [1.29, 1.82) is 0 Å². The highest BCUT2D eigenvalue weighted by Gasteiger charge is 2.45. The van der Waals surface area contributed by atoms with Crippen molar-refractivity contribution < 1.29 is 27.6 Å². The Hall–Kier alpha value is -1.18. The first-order valence-electron chi connectivity index (χ1n) is 4.49. The average molecular weight is 248 g/mol. The van der Waals surface area contributed by atoms with Crippen molar-refractivity contribution in [2.45, 2.75) is 13.8 Å². The van der Waals surface area contributed by atoms with E-state index in [1.807, 2.05) is 0 Å². The molecule has 0 aliphatic carbocycles. The molecular formula is C9H16O6Si. The molecule has 0 saturated heterocycles. The number of hydrogen-bond acceptors (Lipinski definition) is 6. The van der Waals surface area contributed by atoms with Crippen LogP contribution in [-0.2, 0) is 27.6 Å². The number of carbonyl (C=O) groups excluding carboxylic acids is 2. The van der Waals surface area contributed by atoms with Crippen LogP contribution in [0.3, 0.4) is 0 Å². The van der Waals surface area contributed by atoms with Crippen molar-refractivity contribution >= 4 is 20.7 Å². The van der Waals surface area contributed by atoms with Crippen LogP contribution in [0.4, 0.5) is 0 Å². The molecule has 0 bridgehead atoms. The molecule has 0 aromatic rings. The summed E-state index contributed by atoms with van der Waals surface area (Å²) in [6.07, 6.45) is -0.231. The Balaban J connectivity index is 4.49. The van der Waals surface area contributed by atoms with Gasteiger partial charge in [-0.1, -0.05) is 6.58 Å². The fourth-order valence-electron chi connectivity index (χ4n) is 0.810. The number of carbonyl (C=O) groups is 2. The molecule has 92 valence electrons. The van der Waals surface area contributed by atoms with Gasteiger partial charge in [-0.05, 0) is 6.92 Å². The molecular weight excluding hydrogens is 232 g/mol. The third-order valence-corrected chi connectivity index (χ3v) is 3.99. The average Bonchev–Trinajstić information content (AvgIpc) is 2.23. The fourth-order valence-corrected chi connectivity index (χ4v) is 2.18. The minimum atomic E-state index is -3.25. The van der Waals surface area contributed by atoms with Crippen LogP contribution >= 0.6 is 0 Å². The summed E-state index contributed by atoms with van der Waals surface area (Å²) in [5.74, 6) is -1.14. The van der Waals surface area contributed by atoms with Gasteiger partial charge in [0.05, 0.1) is 0 Å². The number of ether oxygens (including phenoxy) is 1. The third-order valence-electron chi connectivity index (χ3n) is 1.65. The van der Waals surface area contributed by atoms with Gasteiger partial charge in [-0.3, -0.25) is 4.79 Å². The monoisotopic (exact) mass is 248 g/mol. The lowest BCUT2D eigenvalue weighted by atomic mass is 10.4. The number of rotatable bonds is 6. The molecule has 6 nitrogen and oxygen atoms in total. The van der Waals surface area contributed by atoms with E-state index in [1.165, 1.54) is 28.1 Å². The van der Waals surface area contributed by atoms with E-state index in [2.05, 4.69) is 6.58 Å². The second-order valence-electron chi connectivity index (χ2n) is 3.04. The predicted octanol–water partition coefficient (Wildman–Crippen LogP) is 0.440. The molecule has 0 atom stereocenters. The second-order valence-corrected chi connectivity index (χ2v) is 5.72. The maximum absolute atomic E-state index is 11.2. The summed E-state index contributed by atoms with van der Waals surface area (Å²) in [6, 6.07) is 0. The Morgan fingerprint density at radius 2 is 1.69 bits per heavy atom. The molecule has 0 N–H and O–H groups in total. The first kappa shape index (κ1) is 14.8. The summed E-state index contributed by atoms with van der Waals surface area (Å²) in [5.41, 5.74) is 0.248. The first-order chi connectivity index (χ1) is 7.37. The summed E-state index contributed by atoms with van der Waals surface area (Å²) in [4.78, 5) is 22.0. The van der Waals surface area contributed by atoms with Gasteiger partial charge in [0.25, 0.3) is 5.97 Å². The smallest absolute Gasteiger partial charge is 0.472 e. The maximum Gasteiger partial charge on any atom is 0.607 e. The van der Waals surface area contributed by atoms with Crippen LogP contribution in [-0.4, -0.2) is 41.2 Å². The van der Waals surface area contributed by atoms with E-state index < -0.39 is 20.7 Å². The number of hydrogen-bond donors (Lipinski definition) is 0. The molecule has 0 fully saturated rings. The quantitative estimate of drug-likeness (QED) is 0.386. The van der Waals surface area contributed by atoms with Crippen molar-refractivity contribution in [3.8, 4) is 0 Å². The summed E-state index contributed by atoms with van der Waals surface area (Å²) >= 11 is 0. The minimum absolute atomic E-state index is 0.231. The Bertz CT molecular complexity index is 284. The van der Waals surface area contributed by atoms with Crippen LogP contribution in [0.2, 0.25) is 0 Å². The van der Waals surface area contributed by atoms with E-state index in [0.717, 1.165) is 0 Å². The molecule has 0 heterocycles. The van der Waals surface area contributed by atoms with Gasteiger partial charge < -0.3 is 18.0 Å². The van der Waals surface area contributed by atoms with Crippen molar-refractivity contribution in [1.82, 2.24) is 0 Å². The lowest BCUT2D eigenvalue weighted by Crippen LogP contribution is -2.50. The van der Waals surface area contributed by atoms with Gasteiger partial charge >= 0.3 is 14.8 Å². The van der Waals surface area contributed by atoms with Gasteiger partial charge in [-0.2, -0.15) is 0 Å². The normalized spacial score (nSPS) is 10.8. The molecule has 7 heteroatoms. The highest BCUT2D eigenvalue weighted by Crippen LogP contribution is 2.09. The Morgan fingerprint density at radius 1 is 1.19 bits per heavy atom. The van der Waals surface area contributed by atoms with Gasteiger partial charge in [0.1, 0.15) is 0 Å². The first-order valence-corrected chi connectivity index (χ1v) is 6.42. The molecule has 0 aromatic heterocycles. The van der Waals surface area contributed by atoms with E-state index in [9.17, 15) is 9.59 Å². The summed E-state index contributed by atoms with van der Waals surface area (Å²) < 4.78 is 19.8. The van der Waals surface area contributed by atoms with Crippen LogP contribution in [0.15, 0.2) is 12.2 Å². The van der Waals surface area contributed by atoms with Gasteiger partial charge in [0.15, 0.2) is 6.23 Å². The zero-order valence-corrected chi connectivity index (χ0v) is 10.9. The number of esters is 1. The van der Waals surface area contributed by atoms with Crippen LogP contribution in [0.25, 0.3) is 0 Å². The zero-order valence-electron chi connectivity index (χ0n) is 9.86. The van der Waals surface area contributed by atoms with E-state index in [0.29, 0.717) is 0 Å². The van der Waals surface area contributed by atoms with Crippen LogP contribution in [0.1, 0.15) is 13.8 Å². The molecule has 0 radical (unpaired) electrons. The second kappa shape index (κ2) is 6.41. The van der Waals surface area contributed by atoms with E-state index in [4.69, 9.17) is 18.0 Å². The third kappa shape index (κ3) is 4.56. The lowest BCUT2D eigenvalue weighted by molar-refractivity contribution is -0.143. The SMILES string of the molecule is C=C(C)C(=O)OC[Si](OC)(OC)OC(C)=O. The zero-order chi connectivity index (χ0) is 12.8. The molecule has 0 spiro atoms. The summed E-state index contributed by atoms with van der Waals surface area (Å²) in [6.45, 7) is 6.15. The highest BCUT2D eigenvalue weighted by molar-refractivity contribution is 6.62. The van der Waals surface area contributed by atoms with Crippen molar-refractivity contribution in [2.75, 3.05) is 20.4 Å². The van der Waals surface area contributed by atoms with Crippen molar-refractivity contribution in [3.63, 3.8) is 0 Å². The summed E-state index contributed by atoms with van der Waals surface area (Å²) in [5, 5.41) is 0. The van der Waals surface area contributed by atoms with Gasteiger partial charge in [0, 0.05) is 26.7 Å². The predicted molar refractivity (Wildman–Crippen MR) is 57.3 cm³/mol. The van der Waals surface area contributed by atoms with E-state index >= 15 is 0 Å². The Morgan fingerprint density at radius 3 is 2.00 bits per heavy atom. The molecule has 0 unspecified atom stereocenters. The largest absolute Gasteiger partial charge is 0.607 e. The molecule has 0 aliphatic heterocycles. The van der Waals surface area contributed by atoms with Crippen LogP contribution < -0.4 is 0 Å². The highest BCUT2D eigenvalue weighted by atomic mass is 28.4. The maximum atomic E-state index is 11.2. The summed E-state index contributed by atoms with van der Waals surface area (Å²) in [7, 11) is -0.596. The topological polar surface area (TPSA) is 71.1 Å². The van der Waals surface area contributed by atoms with E-state index in [-0.39, 0.29) is 11.8 Å². The van der Waals surface area contributed by atoms with Crippen LogP contribution in [0, 0.1) is 0 Å². The van der Waals surface area contributed by atoms with E-state index in [1.54, 1.807) is 0 Å². The van der Waals surface area contributed by atoms with Gasteiger partial charge in [-0.15, -0.1) is 0 Å².